The SMILES string of the molecule is O=C(O)NCC(O)Cc1ccccc1Cl. The molecule has 0 bridgehead atoms. The first-order chi connectivity index (χ1) is 7.09. The fourth-order valence-electron chi connectivity index (χ4n) is 1.20. The van der Waals surface area contributed by atoms with E-state index in [4.69, 9.17) is 16.7 Å². The fourth-order valence-corrected chi connectivity index (χ4v) is 1.41. The van der Waals surface area contributed by atoms with Crippen LogP contribution in [-0.2, 0) is 6.42 Å². The van der Waals surface area contributed by atoms with E-state index < -0.39 is 12.2 Å². The second-order valence-electron chi connectivity index (χ2n) is 3.14. The molecular formula is C10H12ClNO3. The van der Waals surface area contributed by atoms with Gasteiger partial charge >= 0.3 is 6.09 Å². The Labute approximate surface area is 92.5 Å². The molecule has 0 aliphatic heterocycles. The Morgan fingerprint density at radius 3 is 2.73 bits per heavy atom. The lowest BCUT2D eigenvalue weighted by molar-refractivity contribution is 0.157. The zero-order valence-corrected chi connectivity index (χ0v) is 8.74. The Kier molecular flexibility index (Phi) is 4.39. The molecule has 1 aromatic carbocycles. The van der Waals surface area contributed by atoms with Gasteiger partial charge in [-0.05, 0) is 11.6 Å². The van der Waals surface area contributed by atoms with Crippen molar-refractivity contribution in [2.24, 2.45) is 0 Å². The van der Waals surface area contributed by atoms with Crippen molar-refractivity contribution in [1.82, 2.24) is 5.32 Å². The Morgan fingerprint density at radius 2 is 2.13 bits per heavy atom. The molecule has 1 aromatic rings. The minimum absolute atomic E-state index is 0.000552. The summed E-state index contributed by atoms with van der Waals surface area (Å²) in [5.74, 6) is 0. The van der Waals surface area contributed by atoms with Crippen LogP contribution in [0, 0.1) is 0 Å². The van der Waals surface area contributed by atoms with Crippen molar-refractivity contribution in [3.05, 3.63) is 34.9 Å². The van der Waals surface area contributed by atoms with Gasteiger partial charge < -0.3 is 15.5 Å². The molecule has 4 nitrogen and oxygen atoms in total. The molecule has 5 heteroatoms. The van der Waals surface area contributed by atoms with Gasteiger partial charge in [0, 0.05) is 18.0 Å². The molecule has 1 rings (SSSR count). The van der Waals surface area contributed by atoms with E-state index in [-0.39, 0.29) is 6.54 Å². The number of hydrogen-bond acceptors (Lipinski definition) is 2. The first-order valence-corrected chi connectivity index (χ1v) is 4.85. The van der Waals surface area contributed by atoms with E-state index in [0.29, 0.717) is 11.4 Å². The third-order valence-corrected chi connectivity index (χ3v) is 2.27. The molecule has 82 valence electrons. The van der Waals surface area contributed by atoms with Crippen LogP contribution in [0.3, 0.4) is 0 Å². The number of aliphatic hydroxyl groups is 1. The molecule has 1 amide bonds. The number of rotatable bonds is 4. The summed E-state index contributed by atoms with van der Waals surface area (Å²) < 4.78 is 0. The van der Waals surface area contributed by atoms with Gasteiger partial charge in [0.15, 0.2) is 0 Å². The number of nitrogens with one attached hydrogen (secondary N) is 1. The number of hydrogen-bond donors (Lipinski definition) is 3. The highest BCUT2D eigenvalue weighted by Gasteiger charge is 2.08. The number of aliphatic hydroxyl groups excluding tert-OH is 1. The van der Waals surface area contributed by atoms with Crippen molar-refractivity contribution < 1.29 is 15.0 Å². The molecule has 0 radical (unpaired) electrons. The van der Waals surface area contributed by atoms with E-state index in [0.717, 1.165) is 5.56 Å². The quantitative estimate of drug-likeness (QED) is 0.733. The lowest BCUT2D eigenvalue weighted by Crippen LogP contribution is -2.32. The normalized spacial score (nSPS) is 12.1. The highest BCUT2D eigenvalue weighted by molar-refractivity contribution is 6.31. The zero-order chi connectivity index (χ0) is 11.3. The first kappa shape index (κ1) is 11.8. The van der Waals surface area contributed by atoms with Gasteiger partial charge in [-0.15, -0.1) is 0 Å². The smallest absolute Gasteiger partial charge is 0.404 e. The minimum atomic E-state index is -1.15. The maximum absolute atomic E-state index is 10.2. The number of halogens is 1. The maximum atomic E-state index is 10.2. The van der Waals surface area contributed by atoms with E-state index in [1.54, 1.807) is 18.2 Å². The van der Waals surface area contributed by atoms with Crippen LogP contribution >= 0.6 is 11.6 Å². The van der Waals surface area contributed by atoms with Crippen molar-refractivity contribution in [3.63, 3.8) is 0 Å². The van der Waals surface area contributed by atoms with Crippen LogP contribution in [0.15, 0.2) is 24.3 Å². The summed E-state index contributed by atoms with van der Waals surface area (Å²) in [6.07, 6.45) is -1.57. The highest BCUT2D eigenvalue weighted by atomic mass is 35.5. The lowest BCUT2D eigenvalue weighted by Gasteiger charge is -2.11. The first-order valence-electron chi connectivity index (χ1n) is 4.48. The van der Waals surface area contributed by atoms with Gasteiger partial charge in [-0.2, -0.15) is 0 Å². The van der Waals surface area contributed by atoms with Crippen LogP contribution in [0.5, 0.6) is 0 Å². The number of carboxylic acid groups (broad SMARTS) is 1. The second-order valence-corrected chi connectivity index (χ2v) is 3.54. The third kappa shape index (κ3) is 4.18. The number of amides is 1. The summed E-state index contributed by atoms with van der Waals surface area (Å²) in [4.78, 5) is 10.2. The lowest BCUT2D eigenvalue weighted by atomic mass is 10.1. The highest BCUT2D eigenvalue weighted by Crippen LogP contribution is 2.16. The van der Waals surface area contributed by atoms with Crippen molar-refractivity contribution in [2.75, 3.05) is 6.54 Å². The number of benzene rings is 1. The van der Waals surface area contributed by atoms with Crippen LogP contribution in [0.25, 0.3) is 0 Å². The predicted molar refractivity (Wildman–Crippen MR) is 57.2 cm³/mol. The van der Waals surface area contributed by atoms with Crippen molar-refractivity contribution >= 4 is 17.7 Å². The van der Waals surface area contributed by atoms with Crippen molar-refractivity contribution in [3.8, 4) is 0 Å². The summed E-state index contributed by atoms with van der Waals surface area (Å²) in [7, 11) is 0. The van der Waals surface area contributed by atoms with Crippen molar-refractivity contribution in [1.29, 1.82) is 0 Å². The van der Waals surface area contributed by atoms with Crippen LogP contribution in [-0.4, -0.2) is 29.0 Å². The summed E-state index contributed by atoms with van der Waals surface area (Å²) >= 11 is 5.88. The molecule has 0 heterocycles. The predicted octanol–water partition coefficient (Wildman–Crippen LogP) is 1.51. The molecule has 1 atom stereocenters. The molecule has 3 N–H and O–H groups in total. The molecule has 0 saturated carbocycles. The van der Waals surface area contributed by atoms with Gasteiger partial charge in [0.25, 0.3) is 0 Å². The second kappa shape index (κ2) is 5.58. The van der Waals surface area contributed by atoms with Gasteiger partial charge in [-0.3, -0.25) is 0 Å². The molecule has 0 fully saturated rings. The molecular weight excluding hydrogens is 218 g/mol. The monoisotopic (exact) mass is 229 g/mol. The fraction of sp³-hybridized carbons (Fsp3) is 0.300. The Balaban J connectivity index is 2.47. The summed E-state index contributed by atoms with van der Waals surface area (Å²) in [5.41, 5.74) is 0.804. The Bertz CT molecular complexity index is 343. The molecule has 15 heavy (non-hydrogen) atoms. The van der Waals surface area contributed by atoms with Crippen molar-refractivity contribution in [2.45, 2.75) is 12.5 Å². The van der Waals surface area contributed by atoms with Crippen LogP contribution in [0.1, 0.15) is 5.56 Å². The average Bonchev–Trinajstić information content (AvgIpc) is 2.18. The maximum Gasteiger partial charge on any atom is 0.404 e. The molecule has 1 unspecified atom stereocenters. The summed E-state index contributed by atoms with van der Waals surface area (Å²) in [6, 6.07) is 7.15. The summed E-state index contributed by atoms with van der Waals surface area (Å²) in [6.45, 7) is 0.000552. The summed E-state index contributed by atoms with van der Waals surface area (Å²) in [5, 5.41) is 20.5. The minimum Gasteiger partial charge on any atom is -0.465 e. The third-order valence-electron chi connectivity index (χ3n) is 1.90. The van der Waals surface area contributed by atoms with Gasteiger partial charge in [-0.25, -0.2) is 4.79 Å². The van der Waals surface area contributed by atoms with Crippen LogP contribution < -0.4 is 5.32 Å². The van der Waals surface area contributed by atoms with Gasteiger partial charge in [0.05, 0.1) is 6.10 Å². The van der Waals surface area contributed by atoms with Gasteiger partial charge in [0.1, 0.15) is 0 Å². The van der Waals surface area contributed by atoms with Crippen LogP contribution in [0.2, 0.25) is 5.02 Å². The van der Waals surface area contributed by atoms with E-state index in [9.17, 15) is 9.90 Å². The average molecular weight is 230 g/mol. The standard InChI is InChI=1S/C10H12ClNO3/c11-9-4-2-1-3-7(9)5-8(13)6-12-10(14)15/h1-4,8,12-13H,5-6H2,(H,14,15). The van der Waals surface area contributed by atoms with Gasteiger partial charge in [0.2, 0.25) is 0 Å². The van der Waals surface area contributed by atoms with E-state index in [1.165, 1.54) is 0 Å². The van der Waals surface area contributed by atoms with Crippen LogP contribution in [0.4, 0.5) is 4.79 Å². The molecule has 0 saturated heterocycles. The Hall–Kier alpha value is -1.26. The molecule has 0 aromatic heterocycles. The molecule has 0 spiro atoms. The zero-order valence-electron chi connectivity index (χ0n) is 7.98. The molecule has 0 aliphatic rings. The Morgan fingerprint density at radius 1 is 1.47 bits per heavy atom. The topological polar surface area (TPSA) is 69.6 Å². The number of carbonyl (C=O) groups is 1. The van der Waals surface area contributed by atoms with Gasteiger partial charge in [-0.1, -0.05) is 29.8 Å². The molecule has 0 aliphatic carbocycles. The van der Waals surface area contributed by atoms with E-state index >= 15 is 0 Å². The van der Waals surface area contributed by atoms with E-state index in [2.05, 4.69) is 5.32 Å². The van der Waals surface area contributed by atoms with E-state index in [1.807, 2.05) is 6.07 Å². The largest absolute Gasteiger partial charge is 0.465 e.